The van der Waals surface area contributed by atoms with Gasteiger partial charge < -0.3 is 10.4 Å². The molecule has 102 valence electrons. The van der Waals surface area contributed by atoms with Gasteiger partial charge in [-0.3, -0.25) is 4.79 Å². The molecule has 0 saturated heterocycles. The molecular weight excluding hydrogens is 226 g/mol. The van der Waals surface area contributed by atoms with Crippen LogP contribution in [0.15, 0.2) is 0 Å². The van der Waals surface area contributed by atoms with E-state index in [2.05, 4.69) is 5.32 Å². The lowest BCUT2D eigenvalue weighted by Crippen LogP contribution is -2.45. The molecule has 3 nitrogen and oxygen atoms in total. The smallest absolute Gasteiger partial charge is 0.223 e. The van der Waals surface area contributed by atoms with Crippen molar-refractivity contribution < 1.29 is 9.90 Å². The van der Waals surface area contributed by atoms with Gasteiger partial charge in [0, 0.05) is 5.92 Å². The lowest BCUT2D eigenvalue weighted by molar-refractivity contribution is -0.128. The maximum absolute atomic E-state index is 12.3. The number of fused-ring (bicyclic) bond motifs is 1. The normalized spacial score (nSPS) is 37.7. The van der Waals surface area contributed by atoms with Crippen molar-refractivity contribution >= 4 is 5.91 Å². The van der Waals surface area contributed by atoms with E-state index in [1.165, 1.54) is 32.1 Å². The first-order chi connectivity index (χ1) is 8.72. The summed E-state index contributed by atoms with van der Waals surface area (Å²) in [4.78, 5) is 12.3. The van der Waals surface area contributed by atoms with Crippen molar-refractivity contribution in [3.05, 3.63) is 0 Å². The third-order valence-electron chi connectivity index (χ3n) is 5.46. The molecule has 3 aliphatic carbocycles. The molecule has 0 aliphatic heterocycles. The number of hydrogen-bond acceptors (Lipinski definition) is 2. The summed E-state index contributed by atoms with van der Waals surface area (Å²) in [5.74, 6) is 2.13. The van der Waals surface area contributed by atoms with E-state index in [1.54, 1.807) is 0 Å². The SMILES string of the molecule is O=C(NC1(CO)CC1)C1CCC2CCCCC2C1. The number of aliphatic hydroxyl groups is 1. The summed E-state index contributed by atoms with van der Waals surface area (Å²) >= 11 is 0. The third kappa shape index (κ3) is 2.42. The topological polar surface area (TPSA) is 49.3 Å². The molecule has 3 rings (SSSR count). The fraction of sp³-hybridized carbons (Fsp3) is 0.933. The van der Waals surface area contributed by atoms with Gasteiger partial charge in [0.25, 0.3) is 0 Å². The molecule has 3 saturated carbocycles. The summed E-state index contributed by atoms with van der Waals surface area (Å²) in [6.07, 6.45) is 10.8. The first-order valence-electron chi connectivity index (χ1n) is 7.65. The second kappa shape index (κ2) is 4.84. The van der Waals surface area contributed by atoms with Crippen LogP contribution in [0, 0.1) is 17.8 Å². The van der Waals surface area contributed by atoms with Gasteiger partial charge in [0.15, 0.2) is 0 Å². The zero-order valence-electron chi connectivity index (χ0n) is 11.2. The Labute approximate surface area is 109 Å². The Hall–Kier alpha value is -0.570. The zero-order valence-corrected chi connectivity index (χ0v) is 11.2. The van der Waals surface area contributed by atoms with Crippen LogP contribution in [0.2, 0.25) is 0 Å². The zero-order chi connectivity index (χ0) is 12.6. The van der Waals surface area contributed by atoms with Gasteiger partial charge in [-0.2, -0.15) is 0 Å². The Balaban J connectivity index is 1.55. The molecule has 0 bridgehead atoms. The van der Waals surface area contributed by atoms with E-state index in [1.807, 2.05) is 0 Å². The van der Waals surface area contributed by atoms with E-state index in [0.717, 1.165) is 37.5 Å². The summed E-state index contributed by atoms with van der Waals surface area (Å²) in [5.41, 5.74) is -0.236. The first kappa shape index (κ1) is 12.5. The Bertz CT molecular complexity index is 324. The van der Waals surface area contributed by atoms with Gasteiger partial charge in [0.05, 0.1) is 12.1 Å². The molecule has 0 heterocycles. The summed E-state index contributed by atoms with van der Waals surface area (Å²) in [7, 11) is 0. The predicted octanol–water partition coefficient (Wildman–Crippen LogP) is 2.23. The van der Waals surface area contributed by atoms with Crippen LogP contribution >= 0.6 is 0 Å². The Morgan fingerprint density at radius 1 is 1.11 bits per heavy atom. The van der Waals surface area contributed by atoms with Gasteiger partial charge in [-0.1, -0.05) is 25.7 Å². The standard InChI is InChI=1S/C15H25NO2/c17-10-15(7-8-15)16-14(18)13-6-5-11-3-1-2-4-12(11)9-13/h11-13,17H,1-10H2,(H,16,18). The molecule has 1 amide bonds. The molecule has 3 unspecified atom stereocenters. The second-order valence-electron chi connectivity index (χ2n) is 6.74. The third-order valence-corrected chi connectivity index (χ3v) is 5.46. The maximum atomic E-state index is 12.3. The summed E-state index contributed by atoms with van der Waals surface area (Å²) in [5, 5.41) is 12.4. The van der Waals surface area contributed by atoms with Gasteiger partial charge >= 0.3 is 0 Å². The highest BCUT2D eigenvalue weighted by atomic mass is 16.3. The maximum Gasteiger partial charge on any atom is 0.223 e. The lowest BCUT2D eigenvalue weighted by Gasteiger charge is -2.39. The van der Waals surface area contributed by atoms with Crippen molar-refractivity contribution in [2.75, 3.05) is 6.61 Å². The van der Waals surface area contributed by atoms with Crippen LogP contribution in [0.5, 0.6) is 0 Å². The van der Waals surface area contributed by atoms with Crippen LogP contribution in [-0.2, 0) is 4.79 Å². The van der Waals surface area contributed by atoms with Crippen LogP contribution in [0.3, 0.4) is 0 Å². The number of rotatable bonds is 3. The Morgan fingerprint density at radius 2 is 1.83 bits per heavy atom. The average molecular weight is 251 g/mol. The Morgan fingerprint density at radius 3 is 2.50 bits per heavy atom. The lowest BCUT2D eigenvalue weighted by atomic mass is 9.67. The van der Waals surface area contributed by atoms with Gasteiger partial charge in [0.1, 0.15) is 0 Å². The van der Waals surface area contributed by atoms with Crippen LogP contribution < -0.4 is 5.32 Å². The van der Waals surface area contributed by atoms with E-state index >= 15 is 0 Å². The van der Waals surface area contributed by atoms with E-state index in [0.29, 0.717) is 0 Å². The molecule has 0 aromatic rings. The summed E-state index contributed by atoms with van der Waals surface area (Å²) in [6.45, 7) is 0.109. The molecule has 0 radical (unpaired) electrons. The molecule has 18 heavy (non-hydrogen) atoms. The molecule has 0 spiro atoms. The molecule has 3 atom stereocenters. The van der Waals surface area contributed by atoms with Crippen LogP contribution in [0.25, 0.3) is 0 Å². The first-order valence-corrected chi connectivity index (χ1v) is 7.65. The van der Waals surface area contributed by atoms with Crippen LogP contribution in [0.4, 0.5) is 0 Å². The molecule has 3 aliphatic rings. The molecule has 0 aromatic heterocycles. The van der Waals surface area contributed by atoms with Gasteiger partial charge in [-0.15, -0.1) is 0 Å². The van der Waals surface area contributed by atoms with E-state index in [4.69, 9.17) is 0 Å². The number of carbonyl (C=O) groups excluding carboxylic acids is 1. The second-order valence-corrected chi connectivity index (χ2v) is 6.74. The van der Waals surface area contributed by atoms with Crippen molar-refractivity contribution in [2.24, 2.45) is 17.8 Å². The van der Waals surface area contributed by atoms with Crippen molar-refractivity contribution in [3.8, 4) is 0 Å². The molecule has 2 N–H and O–H groups in total. The molecule has 0 aromatic carbocycles. The highest BCUT2D eigenvalue weighted by molar-refractivity contribution is 5.80. The number of carbonyl (C=O) groups is 1. The van der Waals surface area contributed by atoms with Crippen molar-refractivity contribution in [3.63, 3.8) is 0 Å². The van der Waals surface area contributed by atoms with E-state index < -0.39 is 0 Å². The molecule has 3 heteroatoms. The minimum Gasteiger partial charge on any atom is -0.394 e. The number of nitrogens with one attached hydrogen (secondary N) is 1. The monoisotopic (exact) mass is 251 g/mol. The minimum atomic E-state index is -0.236. The largest absolute Gasteiger partial charge is 0.394 e. The fourth-order valence-corrected chi connectivity index (χ4v) is 3.95. The summed E-state index contributed by atoms with van der Waals surface area (Å²) in [6, 6.07) is 0. The van der Waals surface area contributed by atoms with Crippen molar-refractivity contribution in [1.29, 1.82) is 0 Å². The summed E-state index contributed by atoms with van der Waals surface area (Å²) < 4.78 is 0. The quantitative estimate of drug-likeness (QED) is 0.808. The van der Waals surface area contributed by atoms with Gasteiger partial charge in [0.2, 0.25) is 5.91 Å². The molecular formula is C15H25NO2. The minimum absolute atomic E-state index is 0.109. The van der Waals surface area contributed by atoms with Crippen molar-refractivity contribution in [2.45, 2.75) is 63.3 Å². The average Bonchev–Trinajstić information content (AvgIpc) is 3.18. The number of amides is 1. The number of aliphatic hydroxyl groups excluding tert-OH is 1. The van der Waals surface area contributed by atoms with Crippen LogP contribution in [0.1, 0.15) is 57.8 Å². The number of hydrogen-bond donors (Lipinski definition) is 2. The van der Waals surface area contributed by atoms with Crippen molar-refractivity contribution in [1.82, 2.24) is 5.32 Å². The fourth-order valence-electron chi connectivity index (χ4n) is 3.95. The highest BCUT2D eigenvalue weighted by Gasteiger charge is 2.45. The Kier molecular flexibility index (Phi) is 3.35. The van der Waals surface area contributed by atoms with Gasteiger partial charge in [-0.05, 0) is 43.9 Å². The predicted molar refractivity (Wildman–Crippen MR) is 70.0 cm³/mol. The van der Waals surface area contributed by atoms with E-state index in [-0.39, 0.29) is 24.0 Å². The highest BCUT2D eigenvalue weighted by Crippen LogP contribution is 2.43. The van der Waals surface area contributed by atoms with Gasteiger partial charge in [-0.25, -0.2) is 0 Å². The molecule has 3 fully saturated rings. The van der Waals surface area contributed by atoms with E-state index in [9.17, 15) is 9.90 Å². The van der Waals surface area contributed by atoms with Crippen LogP contribution in [-0.4, -0.2) is 23.2 Å².